The first-order chi connectivity index (χ1) is 58.5. The van der Waals surface area contributed by atoms with Crippen molar-refractivity contribution < 1.29 is 0 Å². The number of rotatable bonds is 10. The zero-order valence-electron chi connectivity index (χ0n) is 65.0. The van der Waals surface area contributed by atoms with Crippen molar-refractivity contribution in [2.45, 2.75) is 0 Å². The molecule has 0 aliphatic heterocycles. The summed E-state index contributed by atoms with van der Waals surface area (Å²) >= 11 is 0. The van der Waals surface area contributed by atoms with Gasteiger partial charge in [0.2, 0.25) is 0 Å². The topological polar surface area (TPSA) is 0 Å². The minimum atomic E-state index is 1.23. The van der Waals surface area contributed by atoms with E-state index in [1.165, 1.54) is 219 Å². The first-order valence-corrected chi connectivity index (χ1v) is 40.8. The summed E-state index contributed by atoms with van der Waals surface area (Å²) in [6.45, 7) is 0. The average Bonchev–Trinajstić information content (AvgIpc) is 0.741. The van der Waals surface area contributed by atoms with Gasteiger partial charge in [-0.3, -0.25) is 0 Å². The van der Waals surface area contributed by atoms with Gasteiger partial charge in [-0.1, -0.05) is 431 Å². The van der Waals surface area contributed by atoms with Crippen molar-refractivity contribution in [2.24, 2.45) is 0 Å². The van der Waals surface area contributed by atoms with Gasteiger partial charge in [-0.15, -0.1) is 0 Å². The molecule has 23 aromatic carbocycles. The van der Waals surface area contributed by atoms with Crippen LogP contribution in [0.4, 0.5) is 0 Å². The fraction of sp³-hybridized carbons (Fsp3) is 0. The van der Waals surface area contributed by atoms with E-state index < -0.39 is 0 Å². The van der Waals surface area contributed by atoms with E-state index >= 15 is 0 Å². The standard InChI is InChI=1S/C42H28.C40H26.C36H24/c1-3-14-29(15-4-1)31-19-13-20-33(26-31)41-36-22-9-11-24-38(36)42(39-25-12-10-23-37(39)41)40-28-34(30-16-5-2-6-17-30)27-32-18-7-8-21-35(32)40;1-3-11-31-25-33(23-19-27(31)9-1)29-17-21-30(22-18-29)39-35-13-5-7-15-37(35)40(38-16-8-6-14-36(38)39)34-24-20-28-10-2-4-12-32(28)26-34;1-3-11-25(12-4-1)27-19-20-29-24-30(22-21-28(29)23-27)36-33-17-9-7-15-31(33)35(26-13-5-2-6-14-26)32-16-8-10-18-34(32)36/h1-28H;1-26H;1-24H. The highest BCUT2D eigenvalue weighted by Gasteiger charge is 2.23. The van der Waals surface area contributed by atoms with Crippen LogP contribution in [-0.2, 0) is 0 Å². The molecule has 118 heavy (non-hydrogen) atoms. The Kier molecular flexibility index (Phi) is 18.4. The Hall–Kier alpha value is -15.3. The third-order valence-corrected chi connectivity index (χ3v) is 23.9. The first-order valence-electron chi connectivity index (χ1n) is 40.8. The normalized spacial score (nSPS) is 11.4. The maximum atomic E-state index is 2.39. The van der Waals surface area contributed by atoms with Crippen LogP contribution < -0.4 is 0 Å². The molecule has 0 atom stereocenters. The van der Waals surface area contributed by atoms with E-state index in [0.717, 1.165) is 0 Å². The van der Waals surface area contributed by atoms with Crippen molar-refractivity contribution >= 4 is 108 Å². The van der Waals surface area contributed by atoms with Gasteiger partial charge >= 0.3 is 0 Å². The molecule has 0 N–H and O–H groups in total. The Morgan fingerprint density at radius 3 is 0.678 bits per heavy atom. The molecule has 0 heterocycles. The largest absolute Gasteiger partial charge is 0.0622 e. The summed E-state index contributed by atoms with van der Waals surface area (Å²) in [6.07, 6.45) is 0. The molecular formula is C118H78. The first kappa shape index (κ1) is 70.5. The van der Waals surface area contributed by atoms with Gasteiger partial charge in [-0.2, -0.15) is 0 Å². The summed E-state index contributed by atoms with van der Waals surface area (Å²) in [7, 11) is 0. The molecule has 0 amide bonds. The summed E-state index contributed by atoms with van der Waals surface area (Å²) in [4.78, 5) is 0. The monoisotopic (exact) mass is 1490 g/mol. The van der Waals surface area contributed by atoms with E-state index in [1.54, 1.807) is 0 Å². The highest BCUT2D eigenvalue weighted by molar-refractivity contribution is 6.26. The van der Waals surface area contributed by atoms with Crippen LogP contribution in [0.2, 0.25) is 0 Å². The number of benzene rings is 23. The lowest BCUT2D eigenvalue weighted by atomic mass is 9.83. The molecule has 0 nitrogen and oxygen atoms in total. The lowest BCUT2D eigenvalue weighted by Crippen LogP contribution is -1.92. The molecule has 23 rings (SSSR count). The van der Waals surface area contributed by atoms with Crippen LogP contribution in [0.5, 0.6) is 0 Å². The van der Waals surface area contributed by atoms with Crippen LogP contribution in [-0.4, -0.2) is 0 Å². The smallest absolute Gasteiger partial charge is 0.00199 e. The Balaban J connectivity index is 0.000000110. The molecule has 550 valence electrons. The summed E-state index contributed by atoms with van der Waals surface area (Å²) in [5.41, 5.74) is 25.2. The van der Waals surface area contributed by atoms with Gasteiger partial charge in [0.1, 0.15) is 0 Å². The van der Waals surface area contributed by atoms with Gasteiger partial charge < -0.3 is 0 Å². The van der Waals surface area contributed by atoms with Gasteiger partial charge in [-0.25, -0.2) is 0 Å². The Bertz CT molecular complexity index is 7580. The number of fused-ring (bicyclic) bond motifs is 10. The lowest BCUT2D eigenvalue weighted by molar-refractivity contribution is 1.61. The molecular weight excluding hydrogens is 1420 g/mol. The lowest BCUT2D eigenvalue weighted by Gasteiger charge is -2.20. The highest BCUT2D eigenvalue weighted by Crippen LogP contribution is 2.50. The maximum absolute atomic E-state index is 2.39. The maximum Gasteiger partial charge on any atom is -0.00199 e. The molecule has 0 unspecified atom stereocenters. The van der Waals surface area contributed by atoms with Crippen molar-refractivity contribution in [3.05, 3.63) is 473 Å². The summed E-state index contributed by atoms with van der Waals surface area (Å²) in [5.74, 6) is 0. The van der Waals surface area contributed by atoms with E-state index in [9.17, 15) is 0 Å². The van der Waals surface area contributed by atoms with Gasteiger partial charge in [0.15, 0.2) is 0 Å². The molecule has 0 radical (unpaired) electrons. The van der Waals surface area contributed by atoms with Crippen LogP contribution >= 0.6 is 0 Å². The van der Waals surface area contributed by atoms with Crippen molar-refractivity contribution in [1.29, 1.82) is 0 Å². The van der Waals surface area contributed by atoms with Gasteiger partial charge in [-0.05, 0) is 261 Å². The summed E-state index contributed by atoms with van der Waals surface area (Å²) < 4.78 is 0. The molecule has 0 heteroatoms. The second-order valence-corrected chi connectivity index (χ2v) is 30.8. The van der Waals surface area contributed by atoms with Crippen LogP contribution in [0.3, 0.4) is 0 Å². The fourth-order valence-electron chi connectivity index (χ4n) is 18.4. The minimum absolute atomic E-state index is 1.23. The van der Waals surface area contributed by atoms with Gasteiger partial charge in [0.05, 0.1) is 0 Å². The molecule has 23 aromatic rings. The van der Waals surface area contributed by atoms with Gasteiger partial charge in [0, 0.05) is 0 Å². The predicted octanol–water partition coefficient (Wildman–Crippen LogP) is 33.3. The third-order valence-electron chi connectivity index (χ3n) is 23.9. The van der Waals surface area contributed by atoms with E-state index in [-0.39, 0.29) is 0 Å². The highest BCUT2D eigenvalue weighted by atomic mass is 14.3. The van der Waals surface area contributed by atoms with Crippen LogP contribution in [0, 0.1) is 0 Å². The third kappa shape index (κ3) is 13.2. The summed E-state index contributed by atoms with van der Waals surface area (Å²) in [6, 6.07) is 172. The average molecular weight is 1500 g/mol. The Labute approximate surface area is 687 Å². The Morgan fingerprint density at radius 2 is 0.288 bits per heavy atom. The molecule has 0 spiro atoms. The van der Waals surface area contributed by atoms with Crippen LogP contribution in [0.25, 0.3) is 219 Å². The van der Waals surface area contributed by atoms with Gasteiger partial charge in [0.25, 0.3) is 0 Å². The van der Waals surface area contributed by atoms with E-state index in [4.69, 9.17) is 0 Å². The zero-order valence-corrected chi connectivity index (χ0v) is 65.0. The van der Waals surface area contributed by atoms with E-state index in [0.29, 0.717) is 0 Å². The van der Waals surface area contributed by atoms with Crippen molar-refractivity contribution in [2.75, 3.05) is 0 Å². The molecule has 0 aliphatic rings. The molecule has 0 aliphatic carbocycles. The zero-order chi connectivity index (χ0) is 78.2. The van der Waals surface area contributed by atoms with Crippen LogP contribution in [0.1, 0.15) is 0 Å². The molecule has 0 bridgehead atoms. The quantitative estimate of drug-likeness (QED) is 0.120. The SMILES string of the molecule is c1ccc(-c2ccc3cc(-c4c5ccccc5c(-c5ccccc5)c5ccccc45)ccc3c2)cc1.c1ccc(-c2cccc(-c3c4ccccc4c(-c4cc(-c5ccccc5)cc5ccccc45)c4ccccc34)c2)cc1.c1ccc2cc(-c3ccc(-c4c5ccccc5c(-c5ccc6ccccc6c5)c5ccccc45)cc3)ccc2c1. The fourth-order valence-corrected chi connectivity index (χ4v) is 18.4. The number of hydrogen-bond donors (Lipinski definition) is 0. The van der Waals surface area contributed by atoms with Crippen LogP contribution in [0.15, 0.2) is 473 Å². The summed E-state index contributed by atoms with van der Waals surface area (Å²) in [5, 5.41) is 25.5. The van der Waals surface area contributed by atoms with Crippen molar-refractivity contribution in [3.63, 3.8) is 0 Å². The Morgan fingerprint density at radius 1 is 0.0847 bits per heavy atom. The molecule has 0 saturated heterocycles. The predicted molar refractivity (Wildman–Crippen MR) is 509 cm³/mol. The second-order valence-electron chi connectivity index (χ2n) is 30.8. The van der Waals surface area contributed by atoms with Crippen molar-refractivity contribution in [1.82, 2.24) is 0 Å². The van der Waals surface area contributed by atoms with E-state index in [1.807, 2.05) is 0 Å². The van der Waals surface area contributed by atoms with Crippen molar-refractivity contribution in [3.8, 4) is 111 Å². The number of hydrogen-bond acceptors (Lipinski definition) is 0. The second kappa shape index (κ2) is 30.9. The molecule has 0 fully saturated rings. The molecule has 0 aromatic heterocycles. The minimum Gasteiger partial charge on any atom is -0.0622 e. The molecule has 0 saturated carbocycles. The van der Waals surface area contributed by atoms with E-state index in [2.05, 4.69) is 473 Å².